The van der Waals surface area contributed by atoms with Crippen LogP contribution in [-0.2, 0) is 0 Å². The van der Waals surface area contributed by atoms with Gasteiger partial charge in [-0.3, -0.25) is 0 Å². The zero-order valence-electron chi connectivity index (χ0n) is 16.7. The van der Waals surface area contributed by atoms with Crippen LogP contribution in [0.2, 0.25) is 0 Å². The molecule has 0 aliphatic carbocycles. The van der Waals surface area contributed by atoms with Crippen molar-refractivity contribution in [2.45, 2.75) is 6.04 Å². The molecule has 4 rings (SSSR count). The van der Waals surface area contributed by atoms with Crippen molar-refractivity contribution in [1.29, 1.82) is 0 Å². The highest BCUT2D eigenvalue weighted by Gasteiger charge is 2.26. The molecule has 1 aliphatic rings. The number of phenols is 1. The average Bonchev–Trinajstić information content (AvgIpc) is 3.23. The molecule has 156 valence electrons. The second-order valence-electron chi connectivity index (χ2n) is 6.37. The molecule has 0 radical (unpaired) electrons. The third kappa shape index (κ3) is 3.57. The molecule has 9 nitrogen and oxygen atoms in total. The van der Waals surface area contributed by atoms with Crippen LogP contribution in [0.25, 0.3) is 0 Å². The Morgan fingerprint density at radius 3 is 2.17 bits per heavy atom. The third-order valence-corrected chi connectivity index (χ3v) is 4.69. The van der Waals surface area contributed by atoms with Crippen LogP contribution in [0.4, 0.5) is 5.95 Å². The molecule has 2 aromatic carbocycles. The topological polar surface area (TPSA) is 104 Å². The smallest absolute Gasteiger partial charge is 0.231 e. The van der Waals surface area contributed by atoms with Crippen LogP contribution in [0.5, 0.6) is 34.5 Å². The summed E-state index contributed by atoms with van der Waals surface area (Å²) in [5, 5.41) is 14.0. The Labute approximate surface area is 173 Å². The molecule has 0 fully saturated rings. The van der Waals surface area contributed by atoms with Gasteiger partial charge < -0.3 is 34.1 Å². The highest BCUT2D eigenvalue weighted by Crippen LogP contribution is 2.45. The maximum Gasteiger partial charge on any atom is 0.231 e. The van der Waals surface area contributed by atoms with Gasteiger partial charge in [-0.2, -0.15) is 0 Å². The molecule has 2 heterocycles. The highest BCUT2D eigenvalue weighted by atomic mass is 16.7. The minimum absolute atomic E-state index is 0.0291. The average molecular weight is 411 g/mol. The van der Waals surface area contributed by atoms with Gasteiger partial charge >= 0.3 is 0 Å². The van der Waals surface area contributed by atoms with Gasteiger partial charge in [-0.15, -0.1) is 0 Å². The van der Waals surface area contributed by atoms with E-state index in [1.807, 2.05) is 0 Å². The number of rotatable bonds is 7. The minimum Gasteiger partial charge on any atom is -0.507 e. The van der Waals surface area contributed by atoms with E-state index in [0.29, 0.717) is 40.3 Å². The lowest BCUT2D eigenvalue weighted by atomic mass is 9.96. The minimum atomic E-state index is -0.560. The predicted molar refractivity (Wildman–Crippen MR) is 108 cm³/mol. The van der Waals surface area contributed by atoms with Gasteiger partial charge in [0.25, 0.3) is 0 Å². The zero-order chi connectivity index (χ0) is 21.1. The van der Waals surface area contributed by atoms with Gasteiger partial charge in [-0.25, -0.2) is 9.97 Å². The summed E-state index contributed by atoms with van der Waals surface area (Å²) in [6.07, 6.45) is 3.25. The molecule has 1 aliphatic heterocycles. The third-order valence-electron chi connectivity index (χ3n) is 4.69. The second-order valence-corrected chi connectivity index (χ2v) is 6.37. The Balaban J connectivity index is 1.86. The number of ether oxygens (including phenoxy) is 5. The number of methoxy groups -OCH3 is 3. The van der Waals surface area contributed by atoms with Crippen molar-refractivity contribution in [2.24, 2.45) is 0 Å². The molecule has 1 aromatic heterocycles. The second kappa shape index (κ2) is 8.24. The summed E-state index contributed by atoms with van der Waals surface area (Å²) in [5.74, 6) is 2.86. The van der Waals surface area contributed by atoms with E-state index >= 15 is 0 Å². The van der Waals surface area contributed by atoms with E-state index < -0.39 is 6.04 Å². The molecule has 0 bridgehead atoms. The molecule has 0 saturated carbocycles. The molecule has 0 amide bonds. The molecule has 9 heteroatoms. The number of aromatic hydroxyl groups is 1. The Kier molecular flexibility index (Phi) is 5.34. The van der Waals surface area contributed by atoms with E-state index in [9.17, 15) is 5.11 Å². The lowest BCUT2D eigenvalue weighted by molar-refractivity contribution is 0.174. The van der Waals surface area contributed by atoms with E-state index in [0.717, 1.165) is 5.56 Å². The standard InChI is InChI=1S/C21H21N3O6/c1-26-17-7-12(8-18(27-2)20(17)28-3)19(24-21-22-5-4-6-23-21)13-9-15-16(10-14(13)25)30-11-29-15/h4-10,19,25H,11H2,1-3H3,(H,22,23,24)/t19-/m0/s1. The van der Waals surface area contributed by atoms with E-state index in [1.54, 1.807) is 50.9 Å². The highest BCUT2D eigenvalue weighted by molar-refractivity contribution is 5.60. The summed E-state index contributed by atoms with van der Waals surface area (Å²) in [6.45, 7) is 0.0995. The fourth-order valence-electron chi connectivity index (χ4n) is 3.29. The van der Waals surface area contributed by atoms with Gasteiger partial charge in [0.15, 0.2) is 23.0 Å². The van der Waals surface area contributed by atoms with Crippen molar-refractivity contribution >= 4 is 5.95 Å². The first-order valence-electron chi connectivity index (χ1n) is 9.10. The fraction of sp³-hybridized carbons (Fsp3) is 0.238. The van der Waals surface area contributed by atoms with Crippen molar-refractivity contribution in [2.75, 3.05) is 33.4 Å². The van der Waals surface area contributed by atoms with Crippen LogP contribution >= 0.6 is 0 Å². The SMILES string of the molecule is COc1cc([C@H](Nc2ncccn2)c2cc3c(cc2O)OCO3)cc(OC)c1OC. The van der Waals surface area contributed by atoms with Gasteiger partial charge in [0.1, 0.15) is 5.75 Å². The monoisotopic (exact) mass is 411 g/mol. The van der Waals surface area contributed by atoms with Crippen molar-refractivity contribution in [3.63, 3.8) is 0 Å². The van der Waals surface area contributed by atoms with Crippen molar-refractivity contribution < 1.29 is 28.8 Å². The van der Waals surface area contributed by atoms with Gasteiger partial charge in [0.2, 0.25) is 18.5 Å². The number of hydrogen-bond donors (Lipinski definition) is 2. The summed E-state index contributed by atoms with van der Waals surface area (Å²) in [4.78, 5) is 8.49. The van der Waals surface area contributed by atoms with Gasteiger partial charge in [0, 0.05) is 24.0 Å². The maximum atomic E-state index is 10.7. The molecule has 3 aromatic rings. The van der Waals surface area contributed by atoms with Crippen LogP contribution in [0.3, 0.4) is 0 Å². The zero-order valence-corrected chi connectivity index (χ0v) is 16.7. The molecule has 0 saturated heterocycles. The molecule has 0 unspecified atom stereocenters. The summed E-state index contributed by atoms with van der Waals surface area (Å²) in [7, 11) is 4.63. The van der Waals surface area contributed by atoms with Crippen LogP contribution in [0.15, 0.2) is 42.7 Å². The van der Waals surface area contributed by atoms with E-state index in [-0.39, 0.29) is 12.5 Å². The number of anilines is 1. The van der Waals surface area contributed by atoms with Crippen LogP contribution in [0.1, 0.15) is 17.2 Å². The van der Waals surface area contributed by atoms with Crippen LogP contribution in [0, 0.1) is 0 Å². The first kappa shape index (κ1) is 19.4. The van der Waals surface area contributed by atoms with Gasteiger partial charge in [-0.05, 0) is 29.8 Å². The normalized spacial score (nSPS) is 12.9. The Hall–Kier alpha value is -3.88. The lowest BCUT2D eigenvalue weighted by Gasteiger charge is -2.23. The van der Waals surface area contributed by atoms with Crippen LogP contribution < -0.4 is 29.0 Å². The number of benzene rings is 2. The quantitative estimate of drug-likeness (QED) is 0.607. The Morgan fingerprint density at radius 2 is 1.57 bits per heavy atom. The van der Waals surface area contributed by atoms with E-state index in [4.69, 9.17) is 23.7 Å². The molecule has 2 N–H and O–H groups in total. The van der Waals surface area contributed by atoms with Crippen molar-refractivity contribution in [1.82, 2.24) is 9.97 Å². The van der Waals surface area contributed by atoms with Crippen molar-refractivity contribution in [3.8, 4) is 34.5 Å². The summed E-state index contributed by atoms with van der Waals surface area (Å²) in [5.41, 5.74) is 1.27. The Morgan fingerprint density at radius 1 is 0.933 bits per heavy atom. The first-order valence-corrected chi connectivity index (χ1v) is 9.10. The number of phenolic OH excluding ortho intramolecular Hbond substituents is 1. The number of fused-ring (bicyclic) bond motifs is 1. The fourth-order valence-corrected chi connectivity index (χ4v) is 3.29. The molecule has 1 atom stereocenters. The molecular weight excluding hydrogens is 390 g/mol. The van der Waals surface area contributed by atoms with Gasteiger partial charge in [0.05, 0.1) is 27.4 Å². The lowest BCUT2D eigenvalue weighted by Crippen LogP contribution is -2.15. The molecular formula is C21H21N3O6. The first-order chi connectivity index (χ1) is 14.6. The number of aromatic nitrogens is 2. The van der Waals surface area contributed by atoms with Gasteiger partial charge in [-0.1, -0.05) is 0 Å². The number of hydrogen-bond acceptors (Lipinski definition) is 9. The summed E-state index contributed by atoms with van der Waals surface area (Å²) in [6, 6.07) is 8.00. The predicted octanol–water partition coefficient (Wildman–Crippen LogP) is 3.14. The largest absolute Gasteiger partial charge is 0.507 e. The van der Waals surface area contributed by atoms with Crippen molar-refractivity contribution in [3.05, 3.63) is 53.9 Å². The van der Waals surface area contributed by atoms with Crippen LogP contribution in [-0.4, -0.2) is 43.2 Å². The summed E-state index contributed by atoms with van der Waals surface area (Å²) >= 11 is 0. The summed E-state index contributed by atoms with van der Waals surface area (Å²) < 4.78 is 27.2. The number of nitrogens with zero attached hydrogens (tertiary/aromatic N) is 2. The Bertz CT molecular complexity index is 1020. The number of nitrogens with one attached hydrogen (secondary N) is 1. The van der Waals surface area contributed by atoms with E-state index in [2.05, 4.69) is 15.3 Å². The molecule has 0 spiro atoms. The molecule has 30 heavy (non-hydrogen) atoms. The maximum absolute atomic E-state index is 10.7. The van der Waals surface area contributed by atoms with E-state index in [1.165, 1.54) is 13.2 Å².